The van der Waals surface area contributed by atoms with E-state index in [9.17, 15) is 4.79 Å². The molecule has 0 fully saturated rings. The van der Waals surface area contributed by atoms with Crippen molar-refractivity contribution in [2.24, 2.45) is 5.41 Å². The zero-order valence-electron chi connectivity index (χ0n) is 9.26. The Hall–Kier alpha value is -0.450. The van der Waals surface area contributed by atoms with Crippen molar-refractivity contribution in [3.8, 4) is 5.75 Å². The summed E-state index contributed by atoms with van der Waals surface area (Å²) >= 11 is 15.1. The molecule has 0 saturated heterocycles. The fourth-order valence-corrected chi connectivity index (χ4v) is 1.78. The van der Waals surface area contributed by atoms with Crippen molar-refractivity contribution < 1.29 is 14.6 Å². The van der Waals surface area contributed by atoms with Crippen LogP contribution in [0.4, 0.5) is 0 Å². The first-order valence-electron chi connectivity index (χ1n) is 4.75. The maximum Gasteiger partial charge on any atom is 0.312 e. The number of ether oxygens (including phenoxy) is 1. The van der Waals surface area contributed by atoms with Crippen molar-refractivity contribution in [3.05, 3.63) is 26.7 Å². The van der Waals surface area contributed by atoms with Gasteiger partial charge in [-0.05, 0) is 35.8 Å². The van der Waals surface area contributed by atoms with E-state index in [2.05, 4.69) is 15.9 Å². The van der Waals surface area contributed by atoms with Gasteiger partial charge in [-0.3, -0.25) is 4.79 Å². The molecule has 0 atom stereocenters. The number of carbonyl (C=O) groups is 1. The van der Waals surface area contributed by atoms with Crippen molar-refractivity contribution in [2.45, 2.75) is 13.8 Å². The van der Waals surface area contributed by atoms with Gasteiger partial charge in [-0.1, -0.05) is 23.2 Å². The van der Waals surface area contributed by atoms with E-state index in [1.807, 2.05) is 0 Å². The molecule has 3 nitrogen and oxygen atoms in total. The topological polar surface area (TPSA) is 46.5 Å². The minimum atomic E-state index is -0.983. The average Bonchev–Trinajstić information content (AvgIpc) is 2.21. The average molecular weight is 342 g/mol. The molecule has 0 aromatic heterocycles. The maximum atomic E-state index is 10.9. The van der Waals surface area contributed by atoms with E-state index >= 15 is 0 Å². The summed E-state index contributed by atoms with van der Waals surface area (Å²) in [4.78, 5) is 10.9. The molecule has 17 heavy (non-hydrogen) atoms. The second-order valence-corrected chi connectivity index (χ2v) is 5.84. The summed E-state index contributed by atoms with van der Waals surface area (Å²) in [5.74, 6) is -0.564. The fourth-order valence-electron chi connectivity index (χ4n) is 0.935. The molecule has 0 bridgehead atoms. The van der Waals surface area contributed by atoms with Crippen molar-refractivity contribution in [3.63, 3.8) is 0 Å². The molecule has 0 unspecified atom stereocenters. The van der Waals surface area contributed by atoms with Gasteiger partial charge in [0.1, 0.15) is 12.4 Å². The van der Waals surface area contributed by atoms with Gasteiger partial charge in [0.05, 0.1) is 15.5 Å². The van der Waals surface area contributed by atoms with Gasteiger partial charge in [0.25, 0.3) is 0 Å². The van der Waals surface area contributed by atoms with Crippen LogP contribution in [-0.2, 0) is 4.79 Å². The number of hydrogen-bond acceptors (Lipinski definition) is 2. The summed E-state index contributed by atoms with van der Waals surface area (Å²) in [5, 5.41) is 9.77. The van der Waals surface area contributed by atoms with Crippen LogP contribution in [0.1, 0.15) is 13.8 Å². The highest BCUT2D eigenvalue weighted by molar-refractivity contribution is 9.10. The summed E-state index contributed by atoms with van der Waals surface area (Å²) in [7, 11) is 0. The van der Waals surface area contributed by atoms with Crippen molar-refractivity contribution in [1.29, 1.82) is 0 Å². The minimum absolute atomic E-state index is 0.0139. The lowest BCUT2D eigenvalue weighted by Crippen LogP contribution is -2.30. The monoisotopic (exact) mass is 340 g/mol. The molecule has 0 radical (unpaired) electrons. The predicted octanol–water partition coefficient (Wildman–Crippen LogP) is 4.25. The van der Waals surface area contributed by atoms with E-state index in [1.54, 1.807) is 26.0 Å². The van der Waals surface area contributed by atoms with Crippen LogP contribution in [0.15, 0.2) is 16.6 Å². The molecule has 1 aromatic carbocycles. The first-order chi connectivity index (χ1) is 7.74. The fraction of sp³-hybridized carbons (Fsp3) is 0.364. The molecule has 94 valence electrons. The van der Waals surface area contributed by atoms with E-state index in [-0.39, 0.29) is 6.61 Å². The molecule has 1 N–H and O–H groups in total. The van der Waals surface area contributed by atoms with Crippen LogP contribution in [0.2, 0.25) is 10.0 Å². The van der Waals surface area contributed by atoms with E-state index in [4.69, 9.17) is 33.0 Å². The first kappa shape index (κ1) is 14.6. The third-order valence-electron chi connectivity index (χ3n) is 2.14. The van der Waals surface area contributed by atoms with Crippen molar-refractivity contribution >= 4 is 45.1 Å². The molecular formula is C11H11BrCl2O3. The second-order valence-electron chi connectivity index (χ2n) is 4.17. The Morgan fingerprint density at radius 2 is 2.00 bits per heavy atom. The predicted molar refractivity (Wildman–Crippen MR) is 71.1 cm³/mol. The highest BCUT2D eigenvalue weighted by atomic mass is 79.9. The number of rotatable bonds is 4. The van der Waals surface area contributed by atoms with Gasteiger partial charge in [0.15, 0.2) is 0 Å². The normalized spacial score (nSPS) is 11.4. The van der Waals surface area contributed by atoms with Gasteiger partial charge in [-0.15, -0.1) is 0 Å². The lowest BCUT2D eigenvalue weighted by atomic mass is 9.95. The quantitative estimate of drug-likeness (QED) is 0.833. The molecule has 0 aliphatic heterocycles. The number of halogens is 3. The molecule has 0 amide bonds. The van der Waals surface area contributed by atoms with Gasteiger partial charge in [-0.2, -0.15) is 0 Å². The molecule has 0 aliphatic rings. The number of hydrogen-bond donors (Lipinski definition) is 1. The minimum Gasteiger partial charge on any atom is -0.491 e. The third-order valence-corrected chi connectivity index (χ3v) is 3.63. The number of carboxylic acids is 1. The van der Waals surface area contributed by atoms with Gasteiger partial charge < -0.3 is 9.84 Å². The van der Waals surface area contributed by atoms with Crippen LogP contribution in [-0.4, -0.2) is 17.7 Å². The largest absolute Gasteiger partial charge is 0.491 e. The smallest absolute Gasteiger partial charge is 0.312 e. The number of carboxylic acid groups (broad SMARTS) is 1. The SMILES string of the molecule is CC(C)(COc1cc(Cl)c(Br)cc1Cl)C(=O)O. The summed E-state index contributed by atoms with van der Waals surface area (Å²) < 4.78 is 6.04. The number of aliphatic carboxylic acids is 1. The van der Waals surface area contributed by atoms with Crippen LogP contribution >= 0.6 is 39.1 Å². The van der Waals surface area contributed by atoms with Crippen LogP contribution in [0.5, 0.6) is 5.75 Å². The summed E-state index contributed by atoms with van der Waals surface area (Å²) in [6.07, 6.45) is 0. The molecule has 0 saturated carbocycles. The highest BCUT2D eigenvalue weighted by Crippen LogP contribution is 2.34. The summed E-state index contributed by atoms with van der Waals surface area (Å²) in [6.45, 7) is 3.16. The van der Waals surface area contributed by atoms with Crippen LogP contribution in [0.25, 0.3) is 0 Å². The standard InChI is InChI=1S/C11H11BrCl2O3/c1-11(2,10(15)16)5-17-9-4-7(13)6(12)3-8(9)14/h3-4H,5H2,1-2H3,(H,15,16). The maximum absolute atomic E-state index is 10.9. The Balaban J connectivity index is 2.83. The highest BCUT2D eigenvalue weighted by Gasteiger charge is 2.28. The van der Waals surface area contributed by atoms with Crippen LogP contribution < -0.4 is 4.74 Å². The van der Waals surface area contributed by atoms with Crippen molar-refractivity contribution in [1.82, 2.24) is 0 Å². The Morgan fingerprint density at radius 3 is 2.53 bits per heavy atom. The molecule has 1 rings (SSSR count). The summed E-state index contributed by atoms with van der Waals surface area (Å²) in [6, 6.07) is 3.15. The van der Waals surface area contributed by atoms with Crippen LogP contribution in [0, 0.1) is 5.41 Å². The van der Waals surface area contributed by atoms with E-state index < -0.39 is 11.4 Å². The molecule has 6 heteroatoms. The van der Waals surface area contributed by atoms with Gasteiger partial charge in [-0.25, -0.2) is 0 Å². The molecule has 0 aliphatic carbocycles. The lowest BCUT2D eigenvalue weighted by molar-refractivity contribution is -0.148. The lowest BCUT2D eigenvalue weighted by Gasteiger charge is -2.20. The summed E-state index contributed by atoms with van der Waals surface area (Å²) in [5.41, 5.74) is -0.983. The zero-order valence-corrected chi connectivity index (χ0v) is 12.4. The van der Waals surface area contributed by atoms with E-state index in [1.165, 1.54) is 0 Å². The van der Waals surface area contributed by atoms with Gasteiger partial charge in [0.2, 0.25) is 0 Å². The third kappa shape index (κ3) is 3.76. The van der Waals surface area contributed by atoms with Crippen molar-refractivity contribution in [2.75, 3.05) is 6.61 Å². The molecule has 1 aromatic rings. The Morgan fingerprint density at radius 1 is 1.41 bits per heavy atom. The Labute approximate surface area is 118 Å². The van der Waals surface area contributed by atoms with Crippen LogP contribution in [0.3, 0.4) is 0 Å². The molecule has 0 heterocycles. The van der Waals surface area contributed by atoms with Gasteiger partial charge >= 0.3 is 5.97 Å². The molecular weight excluding hydrogens is 331 g/mol. The van der Waals surface area contributed by atoms with E-state index in [0.29, 0.717) is 20.3 Å². The Kier molecular flexibility index (Phi) is 4.69. The van der Waals surface area contributed by atoms with Gasteiger partial charge in [0, 0.05) is 10.5 Å². The van der Waals surface area contributed by atoms with E-state index in [0.717, 1.165) is 0 Å². The number of benzene rings is 1. The zero-order chi connectivity index (χ0) is 13.2. The second kappa shape index (κ2) is 5.46. The Bertz CT molecular complexity index is 447. The first-order valence-corrected chi connectivity index (χ1v) is 6.29. The molecule has 0 spiro atoms.